The van der Waals surface area contributed by atoms with Gasteiger partial charge in [0.25, 0.3) is 0 Å². The van der Waals surface area contributed by atoms with Crippen molar-refractivity contribution in [2.45, 2.75) is 47.6 Å². The lowest BCUT2D eigenvalue weighted by molar-refractivity contribution is -0.124. The van der Waals surface area contributed by atoms with Crippen molar-refractivity contribution in [2.75, 3.05) is 5.32 Å². The molecule has 0 aromatic heterocycles. The number of carbonyl (C=O) groups excluding carboxylic acids is 3. The number of ether oxygens (including phenoxy) is 1. The van der Waals surface area contributed by atoms with Gasteiger partial charge in [-0.15, -0.1) is 0 Å². The zero-order valence-electron chi connectivity index (χ0n) is 16.1. The molecule has 0 amide bonds. The highest BCUT2D eigenvalue weighted by Crippen LogP contribution is 2.27. The first-order valence-corrected chi connectivity index (χ1v) is 8.98. The van der Waals surface area contributed by atoms with Crippen molar-refractivity contribution in [1.29, 1.82) is 0 Å². The first-order chi connectivity index (χ1) is 12.1. The number of nitrogens with one attached hydrogen (secondary N) is 1. The zero-order chi connectivity index (χ0) is 20.0. The summed E-state index contributed by atoms with van der Waals surface area (Å²) in [6, 6.07) is 4.86. The minimum atomic E-state index is -0.533. The minimum Gasteiger partial charge on any atom is -0.459 e. The monoisotopic (exact) mass is 379 g/mol. The van der Waals surface area contributed by atoms with Gasteiger partial charge in [-0.05, 0) is 26.0 Å². The number of halogens is 1. The Labute approximate surface area is 159 Å². The lowest BCUT2D eigenvalue weighted by Crippen LogP contribution is -2.22. The van der Waals surface area contributed by atoms with Crippen LogP contribution in [0.4, 0.5) is 5.69 Å². The summed E-state index contributed by atoms with van der Waals surface area (Å²) in [6.45, 7) is 10.4. The maximum atomic E-state index is 12.4. The Kier molecular flexibility index (Phi) is 8.03. The van der Waals surface area contributed by atoms with Gasteiger partial charge in [0.1, 0.15) is 0 Å². The Balaban J connectivity index is 3.19. The van der Waals surface area contributed by atoms with Gasteiger partial charge in [-0.2, -0.15) is 0 Å². The normalized spacial score (nSPS) is 10.8. The molecule has 0 aliphatic carbocycles. The van der Waals surface area contributed by atoms with E-state index in [0.717, 1.165) is 0 Å². The lowest BCUT2D eigenvalue weighted by Gasteiger charge is -2.14. The third-order valence-corrected chi connectivity index (χ3v) is 3.92. The van der Waals surface area contributed by atoms with Crippen LogP contribution in [0.5, 0.6) is 0 Å². The van der Waals surface area contributed by atoms with Gasteiger partial charge in [-0.25, -0.2) is 4.79 Å². The largest absolute Gasteiger partial charge is 0.459 e. The average Bonchev–Trinajstić information content (AvgIpc) is 2.54. The Hall–Kier alpha value is -2.14. The highest BCUT2D eigenvalue weighted by molar-refractivity contribution is 6.36. The molecule has 0 fully saturated rings. The predicted octanol–water partition coefficient (Wildman–Crippen LogP) is 4.65. The summed E-state index contributed by atoms with van der Waals surface area (Å²) >= 11 is 6.29. The minimum absolute atomic E-state index is 0.0845. The predicted molar refractivity (Wildman–Crippen MR) is 103 cm³/mol. The highest BCUT2D eigenvalue weighted by atomic mass is 35.5. The number of rotatable bonds is 8. The number of hydrogen-bond donors (Lipinski definition) is 1. The third kappa shape index (κ3) is 5.70. The molecule has 1 rings (SSSR count). The van der Waals surface area contributed by atoms with Gasteiger partial charge in [0.05, 0.1) is 28.0 Å². The van der Waals surface area contributed by atoms with Crippen LogP contribution in [0.15, 0.2) is 30.0 Å². The Bertz CT molecular complexity index is 699. The Morgan fingerprint density at radius 1 is 1.00 bits per heavy atom. The van der Waals surface area contributed by atoms with Crippen LogP contribution in [0.2, 0.25) is 5.02 Å². The molecule has 0 atom stereocenters. The van der Waals surface area contributed by atoms with Crippen LogP contribution in [-0.2, 0) is 14.3 Å². The van der Waals surface area contributed by atoms with Gasteiger partial charge in [-0.3, -0.25) is 9.59 Å². The number of carbonyl (C=O) groups is 3. The molecule has 0 bridgehead atoms. The SMILES string of the molecule is CC(C)OC(=O)c1cccc(NC=C(C(=O)C(C)C)C(=O)C(C)C)c1Cl. The van der Waals surface area contributed by atoms with Gasteiger partial charge < -0.3 is 10.1 Å². The Morgan fingerprint density at radius 3 is 2.00 bits per heavy atom. The topological polar surface area (TPSA) is 72.5 Å². The summed E-state index contributed by atoms with van der Waals surface area (Å²) in [7, 11) is 0. The second-order valence-electron chi connectivity index (χ2n) is 6.86. The molecule has 142 valence electrons. The van der Waals surface area contributed by atoms with E-state index >= 15 is 0 Å². The van der Waals surface area contributed by atoms with E-state index in [4.69, 9.17) is 16.3 Å². The Morgan fingerprint density at radius 2 is 1.54 bits per heavy atom. The summed E-state index contributed by atoms with van der Waals surface area (Å²) in [5.74, 6) is -1.65. The number of anilines is 1. The van der Waals surface area contributed by atoms with Gasteiger partial charge >= 0.3 is 5.97 Å². The molecule has 26 heavy (non-hydrogen) atoms. The molecule has 6 heteroatoms. The van der Waals surface area contributed by atoms with E-state index in [-0.39, 0.29) is 45.7 Å². The van der Waals surface area contributed by atoms with Crippen molar-refractivity contribution in [2.24, 2.45) is 11.8 Å². The van der Waals surface area contributed by atoms with Crippen LogP contribution in [-0.4, -0.2) is 23.6 Å². The first kappa shape index (κ1) is 21.9. The molecule has 0 aliphatic rings. The van der Waals surface area contributed by atoms with Gasteiger partial charge in [0.2, 0.25) is 0 Å². The summed E-state index contributed by atoms with van der Waals surface area (Å²) in [6.07, 6.45) is 1.10. The first-order valence-electron chi connectivity index (χ1n) is 8.60. The molecule has 0 saturated carbocycles. The number of allylic oxidation sites excluding steroid dienone is 1. The van der Waals surface area contributed by atoms with E-state index in [1.165, 1.54) is 6.20 Å². The van der Waals surface area contributed by atoms with Crippen molar-refractivity contribution in [3.8, 4) is 0 Å². The number of hydrogen-bond acceptors (Lipinski definition) is 5. The molecule has 0 aliphatic heterocycles. The van der Waals surface area contributed by atoms with Crippen LogP contribution in [0.1, 0.15) is 51.9 Å². The quantitative estimate of drug-likeness (QED) is 0.308. The van der Waals surface area contributed by atoms with Crippen LogP contribution >= 0.6 is 11.6 Å². The molecule has 5 nitrogen and oxygen atoms in total. The lowest BCUT2D eigenvalue weighted by atomic mass is 9.93. The average molecular weight is 380 g/mol. The second kappa shape index (κ2) is 9.53. The number of Topliss-reactive ketones (excluding diaryl/α,β-unsaturated/α-hetero) is 2. The van der Waals surface area contributed by atoms with Gasteiger partial charge in [0, 0.05) is 18.0 Å². The van der Waals surface area contributed by atoms with Gasteiger partial charge in [0.15, 0.2) is 11.6 Å². The van der Waals surface area contributed by atoms with Crippen molar-refractivity contribution in [3.05, 3.63) is 40.6 Å². The van der Waals surface area contributed by atoms with Crippen molar-refractivity contribution in [3.63, 3.8) is 0 Å². The highest BCUT2D eigenvalue weighted by Gasteiger charge is 2.23. The summed E-state index contributed by atoms with van der Waals surface area (Å²) in [5.41, 5.74) is 0.711. The van der Waals surface area contributed by atoms with E-state index in [2.05, 4.69) is 5.32 Å². The van der Waals surface area contributed by atoms with E-state index in [1.54, 1.807) is 59.7 Å². The fourth-order valence-electron chi connectivity index (χ4n) is 2.11. The maximum absolute atomic E-state index is 12.4. The standard InChI is InChI=1S/C20H26ClNO4/c1-11(2)18(23)15(19(24)12(3)4)10-22-16-9-7-8-14(17(16)21)20(25)26-13(5)6/h7-13,22H,1-6H3. The van der Waals surface area contributed by atoms with Gasteiger partial charge in [-0.1, -0.05) is 45.4 Å². The third-order valence-electron chi connectivity index (χ3n) is 3.51. The van der Waals surface area contributed by atoms with E-state index in [1.807, 2.05) is 0 Å². The zero-order valence-corrected chi connectivity index (χ0v) is 16.8. The fraction of sp³-hybridized carbons (Fsp3) is 0.450. The molecule has 1 aromatic rings. The van der Waals surface area contributed by atoms with Crippen molar-refractivity contribution in [1.82, 2.24) is 0 Å². The molecule has 0 spiro atoms. The second-order valence-corrected chi connectivity index (χ2v) is 7.24. The number of benzene rings is 1. The summed E-state index contributed by atoms with van der Waals surface area (Å²) in [5, 5.41) is 3.06. The smallest absolute Gasteiger partial charge is 0.339 e. The molecule has 1 N–H and O–H groups in total. The van der Waals surface area contributed by atoms with Crippen LogP contribution in [0, 0.1) is 11.8 Å². The molecule has 1 aromatic carbocycles. The van der Waals surface area contributed by atoms with E-state index in [9.17, 15) is 14.4 Å². The molecular formula is C20H26ClNO4. The molecule has 0 unspecified atom stereocenters. The van der Waals surface area contributed by atoms with Crippen LogP contribution < -0.4 is 5.32 Å². The van der Waals surface area contributed by atoms with Crippen molar-refractivity contribution >= 4 is 34.8 Å². The molecule has 0 radical (unpaired) electrons. The number of ketones is 2. The maximum Gasteiger partial charge on any atom is 0.339 e. The summed E-state index contributed by atoms with van der Waals surface area (Å²) in [4.78, 5) is 36.8. The van der Waals surface area contributed by atoms with E-state index < -0.39 is 5.97 Å². The van der Waals surface area contributed by atoms with Crippen molar-refractivity contribution < 1.29 is 19.1 Å². The molecule has 0 saturated heterocycles. The fourth-order valence-corrected chi connectivity index (χ4v) is 2.37. The van der Waals surface area contributed by atoms with Crippen LogP contribution in [0.3, 0.4) is 0 Å². The summed E-state index contributed by atoms with van der Waals surface area (Å²) < 4.78 is 5.16. The number of esters is 1. The van der Waals surface area contributed by atoms with Crippen LogP contribution in [0.25, 0.3) is 0 Å². The molecule has 0 heterocycles. The van der Waals surface area contributed by atoms with E-state index in [0.29, 0.717) is 5.69 Å². The molecular weight excluding hydrogens is 354 g/mol.